The molecule has 6 nitrogen and oxygen atoms in total. The van der Waals surface area contributed by atoms with Crippen molar-refractivity contribution in [3.63, 3.8) is 0 Å². The fourth-order valence-corrected chi connectivity index (χ4v) is 4.61. The van der Waals surface area contributed by atoms with Gasteiger partial charge in [0, 0.05) is 57.0 Å². The average Bonchev–Trinajstić information content (AvgIpc) is 2.96. The Kier molecular flexibility index (Phi) is 9.03. The van der Waals surface area contributed by atoms with Crippen molar-refractivity contribution in [2.75, 3.05) is 32.8 Å². The highest BCUT2D eigenvalue weighted by Crippen LogP contribution is 2.48. The van der Waals surface area contributed by atoms with Gasteiger partial charge in [0.1, 0.15) is 0 Å². The maximum Gasteiger partial charge on any atom is 0.222 e. The van der Waals surface area contributed by atoms with Gasteiger partial charge in [0.15, 0.2) is 0 Å². The van der Waals surface area contributed by atoms with Gasteiger partial charge in [-0.15, -0.1) is 0 Å². The Bertz CT molecular complexity index is 471. The summed E-state index contributed by atoms with van der Waals surface area (Å²) in [5.74, 6) is 0.276. The number of carbonyl (C=O) groups is 2. The first kappa shape index (κ1) is 22.2. The van der Waals surface area contributed by atoms with Gasteiger partial charge >= 0.3 is 0 Å². The van der Waals surface area contributed by atoms with Crippen LogP contribution in [0.1, 0.15) is 71.6 Å². The lowest BCUT2D eigenvalue weighted by Gasteiger charge is -2.37. The van der Waals surface area contributed by atoms with Crippen molar-refractivity contribution in [1.82, 2.24) is 10.2 Å². The molecule has 0 radical (unpaired) electrons. The minimum Gasteiger partial charge on any atom is -0.392 e. The molecule has 0 aromatic heterocycles. The second kappa shape index (κ2) is 11.0. The van der Waals surface area contributed by atoms with E-state index in [0.29, 0.717) is 25.8 Å². The Balaban J connectivity index is 1.65. The van der Waals surface area contributed by atoms with Crippen molar-refractivity contribution < 1.29 is 19.4 Å². The van der Waals surface area contributed by atoms with Crippen molar-refractivity contribution in [1.29, 1.82) is 0 Å². The molecule has 27 heavy (non-hydrogen) atoms. The Hall–Kier alpha value is -1.14. The molecule has 2 aliphatic rings. The van der Waals surface area contributed by atoms with Crippen LogP contribution in [-0.2, 0) is 14.3 Å². The zero-order valence-corrected chi connectivity index (χ0v) is 17.2. The zero-order valence-electron chi connectivity index (χ0n) is 17.2. The molecule has 1 saturated carbocycles. The van der Waals surface area contributed by atoms with Crippen LogP contribution in [0, 0.1) is 11.3 Å². The summed E-state index contributed by atoms with van der Waals surface area (Å²) in [6.45, 7) is 7.75. The van der Waals surface area contributed by atoms with E-state index in [0.717, 1.165) is 64.8 Å². The van der Waals surface area contributed by atoms with Gasteiger partial charge in [-0.3, -0.25) is 9.59 Å². The number of nitrogens with one attached hydrogen (secondary N) is 1. The van der Waals surface area contributed by atoms with E-state index >= 15 is 0 Å². The van der Waals surface area contributed by atoms with Crippen LogP contribution in [0.25, 0.3) is 0 Å². The Labute approximate surface area is 164 Å². The second-order valence-corrected chi connectivity index (χ2v) is 8.26. The number of hydrogen-bond donors (Lipinski definition) is 2. The highest BCUT2D eigenvalue weighted by molar-refractivity contribution is 5.78. The van der Waals surface area contributed by atoms with Gasteiger partial charge in [-0.05, 0) is 44.9 Å². The number of aliphatic hydroxyl groups is 1. The molecular formula is C21H38N2O4. The van der Waals surface area contributed by atoms with Gasteiger partial charge in [-0.1, -0.05) is 13.8 Å². The monoisotopic (exact) mass is 382 g/mol. The van der Waals surface area contributed by atoms with Crippen molar-refractivity contribution in [2.24, 2.45) is 11.3 Å². The number of rotatable bonds is 10. The fourth-order valence-electron chi connectivity index (χ4n) is 4.61. The smallest absolute Gasteiger partial charge is 0.222 e. The predicted molar refractivity (Wildman–Crippen MR) is 105 cm³/mol. The fraction of sp³-hybridized carbons (Fsp3) is 0.905. The molecular weight excluding hydrogens is 344 g/mol. The third-order valence-electron chi connectivity index (χ3n) is 6.27. The van der Waals surface area contributed by atoms with Crippen LogP contribution < -0.4 is 5.32 Å². The number of ether oxygens (including phenoxy) is 1. The largest absolute Gasteiger partial charge is 0.392 e. The van der Waals surface area contributed by atoms with Crippen molar-refractivity contribution in [3.05, 3.63) is 0 Å². The minimum atomic E-state index is -0.347. The maximum atomic E-state index is 12.2. The molecule has 2 rings (SSSR count). The third kappa shape index (κ3) is 6.18. The Morgan fingerprint density at radius 2 is 1.78 bits per heavy atom. The molecule has 6 heteroatoms. The van der Waals surface area contributed by atoms with E-state index in [1.165, 1.54) is 0 Å². The first-order chi connectivity index (χ1) is 13.0. The minimum absolute atomic E-state index is 0.00206. The quantitative estimate of drug-likeness (QED) is 0.608. The summed E-state index contributed by atoms with van der Waals surface area (Å²) in [6, 6.07) is 0. The normalized spacial score (nSPS) is 24.1. The van der Waals surface area contributed by atoms with Gasteiger partial charge < -0.3 is 20.1 Å². The van der Waals surface area contributed by atoms with Gasteiger partial charge in [-0.25, -0.2) is 0 Å². The van der Waals surface area contributed by atoms with Crippen molar-refractivity contribution in [2.45, 2.75) is 77.7 Å². The maximum absolute atomic E-state index is 12.2. The molecule has 2 amide bonds. The summed E-state index contributed by atoms with van der Waals surface area (Å²) in [5, 5.41) is 13.7. The number of carbonyl (C=O) groups excluding carboxylic acids is 2. The molecule has 1 aliphatic heterocycles. The lowest BCUT2D eigenvalue weighted by molar-refractivity contribution is -0.131. The van der Waals surface area contributed by atoms with E-state index in [-0.39, 0.29) is 29.3 Å². The van der Waals surface area contributed by atoms with Crippen LogP contribution in [0.15, 0.2) is 0 Å². The average molecular weight is 383 g/mol. The van der Waals surface area contributed by atoms with E-state index in [1.54, 1.807) is 0 Å². The zero-order chi connectivity index (χ0) is 19.7. The van der Waals surface area contributed by atoms with E-state index in [9.17, 15) is 14.7 Å². The lowest BCUT2D eigenvalue weighted by Crippen LogP contribution is -2.41. The molecule has 0 aromatic carbocycles. The van der Waals surface area contributed by atoms with E-state index in [2.05, 4.69) is 19.2 Å². The molecule has 2 N–H and O–H groups in total. The topological polar surface area (TPSA) is 78.9 Å². The summed E-state index contributed by atoms with van der Waals surface area (Å²) in [6.07, 6.45) is 6.80. The Morgan fingerprint density at radius 1 is 1.11 bits per heavy atom. The standard InChI is InChI=1S/C21H38N2O4/c1-3-12-23(13-4-2)19(25)7-5-6-18(24)22-16-17-8-9-21(20(17)26)10-14-27-15-11-21/h17,20,26H,3-16H2,1-2H3,(H,22,24). The molecule has 1 aliphatic carbocycles. The molecule has 1 heterocycles. The number of hydrogen-bond acceptors (Lipinski definition) is 4. The predicted octanol–water partition coefficient (Wildman–Crippen LogP) is 2.49. The number of aliphatic hydroxyl groups excluding tert-OH is 1. The SMILES string of the molecule is CCCN(CCC)C(=O)CCCC(=O)NCC1CCC2(CCOCC2)C1O. The molecule has 2 fully saturated rings. The van der Waals surface area contributed by atoms with Crippen molar-refractivity contribution in [3.8, 4) is 0 Å². The van der Waals surface area contributed by atoms with Crippen LogP contribution in [0.5, 0.6) is 0 Å². The summed E-state index contributed by atoms with van der Waals surface area (Å²) in [5.41, 5.74) is 0.00206. The van der Waals surface area contributed by atoms with E-state index in [1.807, 2.05) is 4.90 Å². The van der Waals surface area contributed by atoms with Crippen LogP contribution >= 0.6 is 0 Å². The summed E-state index contributed by atoms with van der Waals surface area (Å²) < 4.78 is 5.44. The summed E-state index contributed by atoms with van der Waals surface area (Å²) in [7, 11) is 0. The van der Waals surface area contributed by atoms with E-state index in [4.69, 9.17) is 4.74 Å². The lowest BCUT2D eigenvalue weighted by atomic mass is 9.76. The second-order valence-electron chi connectivity index (χ2n) is 8.26. The first-order valence-electron chi connectivity index (χ1n) is 10.8. The molecule has 0 bridgehead atoms. The molecule has 0 aromatic rings. The van der Waals surface area contributed by atoms with Crippen LogP contribution in [0.3, 0.4) is 0 Å². The van der Waals surface area contributed by atoms with Crippen LogP contribution in [0.2, 0.25) is 0 Å². The third-order valence-corrected chi connectivity index (χ3v) is 6.27. The van der Waals surface area contributed by atoms with Gasteiger partial charge in [-0.2, -0.15) is 0 Å². The molecule has 1 saturated heterocycles. The van der Waals surface area contributed by atoms with Crippen LogP contribution in [-0.4, -0.2) is 60.8 Å². The van der Waals surface area contributed by atoms with Crippen molar-refractivity contribution >= 4 is 11.8 Å². The molecule has 1 spiro atoms. The van der Waals surface area contributed by atoms with Crippen LogP contribution in [0.4, 0.5) is 0 Å². The highest BCUT2D eigenvalue weighted by atomic mass is 16.5. The summed E-state index contributed by atoms with van der Waals surface area (Å²) in [4.78, 5) is 26.3. The number of amides is 2. The summed E-state index contributed by atoms with van der Waals surface area (Å²) >= 11 is 0. The van der Waals surface area contributed by atoms with E-state index < -0.39 is 0 Å². The first-order valence-corrected chi connectivity index (χ1v) is 10.8. The highest BCUT2D eigenvalue weighted by Gasteiger charge is 2.48. The Morgan fingerprint density at radius 3 is 2.41 bits per heavy atom. The molecule has 2 unspecified atom stereocenters. The molecule has 156 valence electrons. The van der Waals surface area contributed by atoms with Gasteiger partial charge in [0.2, 0.25) is 11.8 Å². The van der Waals surface area contributed by atoms with Gasteiger partial charge in [0.05, 0.1) is 6.10 Å². The molecule has 2 atom stereocenters. The van der Waals surface area contributed by atoms with Gasteiger partial charge in [0.25, 0.3) is 0 Å². The number of nitrogens with zero attached hydrogens (tertiary/aromatic N) is 1.